The molecule has 0 saturated carbocycles. The van der Waals surface area contributed by atoms with Gasteiger partial charge in [-0.25, -0.2) is 0 Å². The van der Waals surface area contributed by atoms with Gasteiger partial charge in [-0.3, -0.25) is 0 Å². The maximum absolute atomic E-state index is 5.29. The molecule has 0 amide bonds. The van der Waals surface area contributed by atoms with Gasteiger partial charge >= 0.3 is 0 Å². The molecule has 1 heteroatoms. The van der Waals surface area contributed by atoms with Gasteiger partial charge in [0.2, 0.25) is 0 Å². The maximum Gasteiger partial charge on any atom is 0.0644 e. The predicted molar refractivity (Wildman–Crippen MR) is 59.0 cm³/mol. The molecule has 0 aliphatic rings. The molecule has 0 radical (unpaired) electrons. The average Bonchev–Trinajstić information content (AvgIpc) is 2.16. The monoisotopic (exact) mass is 184 g/mol. The largest absolute Gasteiger partial charge is 0.377 e. The van der Waals surface area contributed by atoms with E-state index in [1.54, 1.807) is 6.08 Å². The minimum Gasteiger partial charge on any atom is -0.377 e. The van der Waals surface area contributed by atoms with E-state index in [2.05, 4.69) is 13.5 Å². The predicted octanol–water partition coefficient (Wildman–Crippen LogP) is 3.94. The summed E-state index contributed by atoms with van der Waals surface area (Å²) in [5.41, 5.74) is 0. The standard InChI is InChI=1S/C12H24O/c1-3-5-6-7-8-9-10-12-13-11-4-2/h4H,2-3,5-12H2,1H3. The Morgan fingerprint density at radius 3 is 2.23 bits per heavy atom. The van der Waals surface area contributed by atoms with E-state index in [-0.39, 0.29) is 0 Å². The molecule has 13 heavy (non-hydrogen) atoms. The van der Waals surface area contributed by atoms with Crippen LogP contribution in [0.15, 0.2) is 12.7 Å². The topological polar surface area (TPSA) is 9.23 Å². The fraction of sp³-hybridized carbons (Fsp3) is 0.833. The molecule has 0 aromatic rings. The van der Waals surface area contributed by atoms with Gasteiger partial charge in [0.05, 0.1) is 6.61 Å². The van der Waals surface area contributed by atoms with E-state index in [0.717, 1.165) is 6.61 Å². The van der Waals surface area contributed by atoms with Crippen molar-refractivity contribution in [3.8, 4) is 0 Å². The Labute approximate surface area is 83.2 Å². The molecule has 0 aliphatic heterocycles. The van der Waals surface area contributed by atoms with Gasteiger partial charge in [0.1, 0.15) is 0 Å². The van der Waals surface area contributed by atoms with Gasteiger partial charge in [-0.1, -0.05) is 51.5 Å². The summed E-state index contributed by atoms with van der Waals surface area (Å²) >= 11 is 0. The van der Waals surface area contributed by atoms with Crippen LogP contribution in [0, 0.1) is 0 Å². The van der Waals surface area contributed by atoms with Crippen LogP contribution in [-0.4, -0.2) is 13.2 Å². The lowest BCUT2D eigenvalue weighted by atomic mass is 10.1. The van der Waals surface area contributed by atoms with E-state index in [9.17, 15) is 0 Å². The lowest BCUT2D eigenvalue weighted by Gasteiger charge is -2.01. The van der Waals surface area contributed by atoms with Gasteiger partial charge in [0.25, 0.3) is 0 Å². The van der Waals surface area contributed by atoms with Gasteiger partial charge in [-0.2, -0.15) is 0 Å². The lowest BCUT2D eigenvalue weighted by Crippen LogP contribution is -1.93. The van der Waals surface area contributed by atoms with Crippen LogP contribution in [0.3, 0.4) is 0 Å². The molecule has 1 nitrogen and oxygen atoms in total. The zero-order valence-corrected chi connectivity index (χ0v) is 9.06. The Hall–Kier alpha value is -0.300. The summed E-state index contributed by atoms with van der Waals surface area (Å²) in [4.78, 5) is 0. The lowest BCUT2D eigenvalue weighted by molar-refractivity contribution is 0.157. The Balaban J connectivity index is 2.79. The molecule has 0 rings (SSSR count). The Morgan fingerprint density at radius 1 is 1.00 bits per heavy atom. The summed E-state index contributed by atoms with van der Waals surface area (Å²) < 4.78 is 5.29. The highest BCUT2D eigenvalue weighted by Crippen LogP contribution is 2.06. The molecule has 0 aliphatic carbocycles. The summed E-state index contributed by atoms with van der Waals surface area (Å²) in [5.74, 6) is 0. The van der Waals surface area contributed by atoms with Crippen LogP contribution in [0.5, 0.6) is 0 Å². The van der Waals surface area contributed by atoms with Crippen molar-refractivity contribution in [3.05, 3.63) is 12.7 Å². The first-order valence-corrected chi connectivity index (χ1v) is 5.60. The molecule has 0 fully saturated rings. The third kappa shape index (κ3) is 11.7. The molecule has 0 unspecified atom stereocenters. The van der Waals surface area contributed by atoms with Crippen LogP contribution in [-0.2, 0) is 4.74 Å². The summed E-state index contributed by atoms with van der Waals surface area (Å²) in [6, 6.07) is 0. The molecule has 0 aromatic heterocycles. The fourth-order valence-corrected chi connectivity index (χ4v) is 1.33. The van der Waals surface area contributed by atoms with Crippen molar-refractivity contribution in [2.45, 2.75) is 51.9 Å². The minimum atomic E-state index is 0.704. The van der Waals surface area contributed by atoms with Crippen molar-refractivity contribution < 1.29 is 4.74 Å². The first-order valence-electron chi connectivity index (χ1n) is 5.60. The molecule has 0 heterocycles. The molecule has 0 N–H and O–H groups in total. The minimum absolute atomic E-state index is 0.704. The zero-order chi connectivity index (χ0) is 9.78. The Kier molecular flexibility index (Phi) is 11.4. The number of hydrogen-bond acceptors (Lipinski definition) is 1. The third-order valence-corrected chi connectivity index (χ3v) is 2.13. The van der Waals surface area contributed by atoms with Gasteiger partial charge in [-0.05, 0) is 6.42 Å². The molecule has 0 atom stereocenters. The van der Waals surface area contributed by atoms with Crippen molar-refractivity contribution in [3.63, 3.8) is 0 Å². The number of rotatable bonds is 10. The maximum atomic E-state index is 5.29. The van der Waals surface area contributed by atoms with Gasteiger partial charge in [0.15, 0.2) is 0 Å². The van der Waals surface area contributed by atoms with Crippen LogP contribution in [0.25, 0.3) is 0 Å². The Morgan fingerprint density at radius 2 is 1.62 bits per heavy atom. The van der Waals surface area contributed by atoms with Gasteiger partial charge in [0, 0.05) is 6.61 Å². The van der Waals surface area contributed by atoms with E-state index in [1.807, 2.05) is 0 Å². The summed E-state index contributed by atoms with van der Waals surface area (Å²) in [7, 11) is 0. The summed E-state index contributed by atoms with van der Waals surface area (Å²) in [5, 5.41) is 0. The van der Waals surface area contributed by atoms with Crippen LogP contribution in [0.2, 0.25) is 0 Å². The van der Waals surface area contributed by atoms with E-state index in [4.69, 9.17) is 4.74 Å². The first kappa shape index (κ1) is 12.7. The molecule has 0 spiro atoms. The van der Waals surface area contributed by atoms with E-state index >= 15 is 0 Å². The van der Waals surface area contributed by atoms with E-state index in [1.165, 1.54) is 44.9 Å². The second-order valence-corrected chi connectivity index (χ2v) is 3.48. The molecular formula is C12H24O. The summed E-state index contributed by atoms with van der Waals surface area (Å²) in [6.07, 6.45) is 11.2. The van der Waals surface area contributed by atoms with Crippen molar-refractivity contribution in [1.82, 2.24) is 0 Å². The second kappa shape index (κ2) is 11.7. The highest BCUT2D eigenvalue weighted by atomic mass is 16.5. The average molecular weight is 184 g/mol. The van der Waals surface area contributed by atoms with Crippen molar-refractivity contribution in [2.75, 3.05) is 13.2 Å². The highest BCUT2D eigenvalue weighted by Gasteiger charge is 1.90. The van der Waals surface area contributed by atoms with Crippen molar-refractivity contribution in [1.29, 1.82) is 0 Å². The van der Waals surface area contributed by atoms with E-state index in [0.29, 0.717) is 6.61 Å². The third-order valence-electron chi connectivity index (χ3n) is 2.13. The molecule has 0 aromatic carbocycles. The van der Waals surface area contributed by atoms with Crippen LogP contribution in [0.4, 0.5) is 0 Å². The second-order valence-electron chi connectivity index (χ2n) is 3.48. The molecular weight excluding hydrogens is 160 g/mol. The zero-order valence-electron chi connectivity index (χ0n) is 9.06. The molecule has 0 saturated heterocycles. The number of unbranched alkanes of at least 4 members (excludes halogenated alkanes) is 6. The van der Waals surface area contributed by atoms with Crippen molar-refractivity contribution >= 4 is 0 Å². The van der Waals surface area contributed by atoms with E-state index < -0.39 is 0 Å². The number of ether oxygens (including phenoxy) is 1. The fourth-order valence-electron chi connectivity index (χ4n) is 1.33. The van der Waals surface area contributed by atoms with Gasteiger partial charge in [-0.15, -0.1) is 6.58 Å². The SMILES string of the molecule is C=CCOCCCCCCCCC. The van der Waals surface area contributed by atoms with Crippen LogP contribution < -0.4 is 0 Å². The van der Waals surface area contributed by atoms with Crippen LogP contribution >= 0.6 is 0 Å². The Bertz CT molecular complexity index is 99.3. The highest BCUT2D eigenvalue weighted by molar-refractivity contribution is 4.63. The molecule has 0 bridgehead atoms. The van der Waals surface area contributed by atoms with Crippen LogP contribution in [0.1, 0.15) is 51.9 Å². The quantitative estimate of drug-likeness (QED) is 0.369. The van der Waals surface area contributed by atoms with Crippen molar-refractivity contribution in [2.24, 2.45) is 0 Å². The molecule has 78 valence electrons. The summed E-state index contributed by atoms with van der Waals surface area (Å²) in [6.45, 7) is 7.46. The number of hydrogen-bond donors (Lipinski definition) is 0. The normalized spacial score (nSPS) is 10.2. The smallest absolute Gasteiger partial charge is 0.0644 e. The first-order chi connectivity index (χ1) is 6.41. The van der Waals surface area contributed by atoms with Gasteiger partial charge < -0.3 is 4.74 Å².